The Kier molecular flexibility index (Phi) is 3.35. The topological polar surface area (TPSA) is 46.8 Å². The first-order chi connectivity index (χ1) is 10.8. The summed E-state index contributed by atoms with van der Waals surface area (Å²) >= 11 is 0. The Bertz CT molecular complexity index is 780. The van der Waals surface area contributed by atoms with Crippen molar-refractivity contribution < 1.29 is 0 Å². The van der Waals surface area contributed by atoms with Gasteiger partial charge in [-0.15, -0.1) is 0 Å². The lowest BCUT2D eigenvalue weighted by molar-refractivity contribution is 0.305. The summed E-state index contributed by atoms with van der Waals surface area (Å²) in [5, 5.41) is 0. The third-order valence-electron chi connectivity index (χ3n) is 4.50. The molecule has 1 saturated heterocycles. The van der Waals surface area contributed by atoms with Gasteiger partial charge < -0.3 is 4.90 Å². The number of aromatic nitrogens is 4. The quantitative estimate of drug-likeness (QED) is 0.744. The largest absolute Gasteiger partial charge is 0.303 e. The molecule has 5 nitrogen and oxygen atoms in total. The molecule has 1 aliphatic heterocycles. The fourth-order valence-electron chi connectivity index (χ4n) is 3.31. The Labute approximate surface area is 129 Å². The van der Waals surface area contributed by atoms with E-state index in [9.17, 15) is 0 Å². The van der Waals surface area contributed by atoms with Crippen molar-refractivity contribution in [3.05, 3.63) is 48.7 Å². The summed E-state index contributed by atoms with van der Waals surface area (Å²) in [5.74, 6) is 1.08. The minimum atomic E-state index is 0.567. The van der Waals surface area contributed by atoms with Crippen LogP contribution in [0.5, 0.6) is 0 Å². The normalized spacial score (nSPS) is 19.0. The number of likely N-dealkylation sites (N-methyl/N-ethyl adjacent to an activating group) is 1. The Morgan fingerprint density at radius 1 is 1.18 bits per heavy atom. The van der Waals surface area contributed by atoms with E-state index in [-0.39, 0.29) is 0 Å². The zero-order valence-electron chi connectivity index (χ0n) is 12.7. The third-order valence-corrected chi connectivity index (χ3v) is 4.50. The van der Waals surface area contributed by atoms with Gasteiger partial charge in [0, 0.05) is 31.1 Å². The first-order valence-corrected chi connectivity index (χ1v) is 7.76. The average molecular weight is 293 g/mol. The molecule has 112 valence electrons. The summed E-state index contributed by atoms with van der Waals surface area (Å²) in [4.78, 5) is 15.9. The molecule has 0 aromatic carbocycles. The van der Waals surface area contributed by atoms with Crippen molar-refractivity contribution in [2.24, 2.45) is 0 Å². The van der Waals surface area contributed by atoms with E-state index in [1.54, 1.807) is 0 Å². The molecule has 4 rings (SSSR count). The lowest BCUT2D eigenvalue weighted by Crippen LogP contribution is -2.28. The molecule has 3 aromatic heterocycles. The molecule has 0 radical (unpaired) electrons. The number of imidazole rings is 1. The molecule has 1 aliphatic rings. The molecule has 1 fully saturated rings. The van der Waals surface area contributed by atoms with Crippen LogP contribution in [0.4, 0.5) is 0 Å². The number of fused-ring (bicyclic) bond motifs is 1. The maximum atomic E-state index is 4.84. The summed E-state index contributed by atoms with van der Waals surface area (Å²) in [6.45, 7) is 1.18. The maximum absolute atomic E-state index is 4.84. The molecule has 22 heavy (non-hydrogen) atoms. The van der Waals surface area contributed by atoms with E-state index in [4.69, 9.17) is 4.98 Å². The number of pyridine rings is 2. The van der Waals surface area contributed by atoms with Gasteiger partial charge in [-0.3, -0.25) is 9.55 Å². The number of rotatable bonds is 3. The van der Waals surface area contributed by atoms with Gasteiger partial charge in [-0.2, -0.15) is 0 Å². The van der Waals surface area contributed by atoms with Gasteiger partial charge in [0.2, 0.25) is 0 Å². The van der Waals surface area contributed by atoms with Crippen LogP contribution in [0, 0.1) is 0 Å². The van der Waals surface area contributed by atoms with Crippen LogP contribution in [-0.2, 0) is 6.42 Å². The molecule has 1 atom stereocenters. The van der Waals surface area contributed by atoms with Crippen LogP contribution in [0.1, 0.15) is 18.7 Å². The minimum absolute atomic E-state index is 0.567. The number of nitrogens with zero attached hydrogens (tertiary/aromatic N) is 5. The van der Waals surface area contributed by atoms with Gasteiger partial charge in [-0.05, 0) is 50.7 Å². The molecule has 1 unspecified atom stereocenters. The van der Waals surface area contributed by atoms with E-state index in [1.165, 1.54) is 19.4 Å². The van der Waals surface area contributed by atoms with Crippen molar-refractivity contribution in [2.75, 3.05) is 13.6 Å². The van der Waals surface area contributed by atoms with Crippen LogP contribution < -0.4 is 0 Å². The van der Waals surface area contributed by atoms with Crippen LogP contribution in [0.3, 0.4) is 0 Å². The molecular formula is C17H19N5. The van der Waals surface area contributed by atoms with Crippen molar-refractivity contribution in [2.45, 2.75) is 25.3 Å². The van der Waals surface area contributed by atoms with Crippen LogP contribution >= 0.6 is 0 Å². The monoisotopic (exact) mass is 293 g/mol. The summed E-state index contributed by atoms with van der Waals surface area (Å²) in [6, 6.07) is 8.56. The van der Waals surface area contributed by atoms with Crippen LogP contribution in [0.15, 0.2) is 42.9 Å². The van der Waals surface area contributed by atoms with E-state index in [1.807, 2.05) is 42.9 Å². The molecule has 0 saturated carbocycles. The second kappa shape index (κ2) is 5.50. The van der Waals surface area contributed by atoms with Gasteiger partial charge in [-0.25, -0.2) is 9.97 Å². The third kappa shape index (κ3) is 2.27. The highest BCUT2D eigenvalue weighted by Gasteiger charge is 2.24. The van der Waals surface area contributed by atoms with Crippen LogP contribution in [0.25, 0.3) is 16.9 Å². The Hall–Kier alpha value is -2.27. The van der Waals surface area contributed by atoms with Crippen molar-refractivity contribution in [3.63, 3.8) is 0 Å². The van der Waals surface area contributed by atoms with E-state index >= 15 is 0 Å². The van der Waals surface area contributed by atoms with Gasteiger partial charge in [-0.1, -0.05) is 0 Å². The summed E-state index contributed by atoms with van der Waals surface area (Å²) < 4.78 is 2.17. The second-order valence-corrected chi connectivity index (χ2v) is 5.90. The standard InChI is InChI=1S/C17H19N5/c1-21-11-3-4-14(21)12-16-20-15-5-2-8-19-17(15)22(16)13-6-9-18-10-7-13/h2,5-10,14H,3-4,11-12H2,1H3. The van der Waals surface area contributed by atoms with Crippen molar-refractivity contribution in [1.29, 1.82) is 0 Å². The van der Waals surface area contributed by atoms with Crippen molar-refractivity contribution >= 4 is 11.2 Å². The number of hydrogen-bond donors (Lipinski definition) is 0. The molecule has 5 heteroatoms. The van der Waals surface area contributed by atoms with Crippen molar-refractivity contribution in [1.82, 2.24) is 24.4 Å². The van der Waals surface area contributed by atoms with Crippen molar-refractivity contribution in [3.8, 4) is 5.69 Å². The van der Waals surface area contributed by atoms with Crippen LogP contribution in [0.2, 0.25) is 0 Å². The first-order valence-electron chi connectivity index (χ1n) is 7.76. The molecule has 3 aromatic rings. The zero-order chi connectivity index (χ0) is 14.9. The van der Waals surface area contributed by atoms with E-state index in [2.05, 4.69) is 26.5 Å². The predicted molar refractivity (Wildman–Crippen MR) is 86.0 cm³/mol. The lowest BCUT2D eigenvalue weighted by atomic mass is 10.1. The van der Waals surface area contributed by atoms with Gasteiger partial charge in [0.25, 0.3) is 0 Å². The Morgan fingerprint density at radius 3 is 2.82 bits per heavy atom. The molecule has 0 amide bonds. The number of hydrogen-bond acceptors (Lipinski definition) is 4. The fourth-order valence-corrected chi connectivity index (χ4v) is 3.31. The molecule has 4 heterocycles. The molecule has 0 aliphatic carbocycles. The maximum Gasteiger partial charge on any atom is 0.164 e. The highest BCUT2D eigenvalue weighted by molar-refractivity contribution is 5.73. The highest BCUT2D eigenvalue weighted by Crippen LogP contribution is 2.24. The minimum Gasteiger partial charge on any atom is -0.303 e. The van der Waals surface area contributed by atoms with Gasteiger partial charge in [0.1, 0.15) is 11.3 Å². The van der Waals surface area contributed by atoms with Gasteiger partial charge in [0.05, 0.1) is 5.69 Å². The average Bonchev–Trinajstić information content (AvgIpc) is 3.12. The second-order valence-electron chi connectivity index (χ2n) is 5.90. The summed E-state index contributed by atoms with van der Waals surface area (Å²) in [7, 11) is 2.20. The van der Waals surface area contributed by atoms with Gasteiger partial charge >= 0.3 is 0 Å². The smallest absolute Gasteiger partial charge is 0.164 e. The van der Waals surface area contributed by atoms with Gasteiger partial charge in [0.15, 0.2) is 5.65 Å². The Morgan fingerprint density at radius 2 is 2.05 bits per heavy atom. The van der Waals surface area contributed by atoms with Crippen LogP contribution in [-0.4, -0.2) is 44.1 Å². The molecule has 0 N–H and O–H groups in total. The number of likely N-dealkylation sites (tertiary alicyclic amines) is 1. The molecule has 0 bridgehead atoms. The SMILES string of the molecule is CN1CCCC1Cc1nc2cccnc2n1-c1ccncc1. The zero-order valence-corrected chi connectivity index (χ0v) is 12.7. The molecular weight excluding hydrogens is 274 g/mol. The lowest BCUT2D eigenvalue weighted by Gasteiger charge is -2.19. The fraction of sp³-hybridized carbons (Fsp3) is 0.353. The summed E-state index contributed by atoms with van der Waals surface area (Å²) in [6.07, 6.45) is 8.92. The predicted octanol–water partition coefficient (Wildman–Crippen LogP) is 2.45. The van der Waals surface area contributed by atoms with E-state index in [0.29, 0.717) is 6.04 Å². The Balaban J connectivity index is 1.83. The molecule has 0 spiro atoms. The van der Waals surface area contributed by atoms with E-state index < -0.39 is 0 Å². The van der Waals surface area contributed by atoms with E-state index in [0.717, 1.165) is 29.1 Å². The first kappa shape index (κ1) is 13.4. The highest BCUT2D eigenvalue weighted by atomic mass is 15.2. The summed E-state index contributed by atoms with van der Waals surface area (Å²) in [5.41, 5.74) is 2.95.